The lowest BCUT2D eigenvalue weighted by Gasteiger charge is -2.18. The first-order chi connectivity index (χ1) is 9.60. The van der Waals surface area contributed by atoms with E-state index in [9.17, 15) is 4.79 Å². The Kier molecular flexibility index (Phi) is 3.07. The van der Waals surface area contributed by atoms with Crippen LogP contribution in [0.15, 0.2) is 24.5 Å². The molecule has 1 atom stereocenters. The standard InChI is InChI=1S/C15H12ClN3O/c1-9-4-13-15(14(20)5-9)19(8-18-13)11-3-2-10(7-17)12(16)6-11/h2-3,6,8-9H,4-5H2,1H3/t9-/m1/s1. The Balaban J connectivity index is 2.11. The zero-order valence-corrected chi connectivity index (χ0v) is 11.7. The van der Waals surface area contributed by atoms with Gasteiger partial charge in [-0.25, -0.2) is 4.98 Å². The average molecular weight is 286 g/mol. The van der Waals surface area contributed by atoms with E-state index in [1.165, 1.54) is 0 Å². The number of carbonyl (C=O) groups is 1. The highest BCUT2D eigenvalue weighted by Gasteiger charge is 2.27. The maximum absolute atomic E-state index is 12.2. The number of aromatic nitrogens is 2. The largest absolute Gasteiger partial charge is 0.296 e. The second-order valence-corrected chi connectivity index (χ2v) is 5.53. The molecule has 1 aliphatic rings. The first-order valence-corrected chi connectivity index (χ1v) is 6.77. The Bertz CT molecular complexity index is 742. The molecule has 1 aromatic heterocycles. The monoisotopic (exact) mass is 285 g/mol. The van der Waals surface area contributed by atoms with Gasteiger partial charge in [0, 0.05) is 12.1 Å². The normalized spacial score (nSPS) is 17.6. The molecule has 0 bridgehead atoms. The summed E-state index contributed by atoms with van der Waals surface area (Å²) in [6.07, 6.45) is 3.01. The van der Waals surface area contributed by atoms with E-state index in [0.29, 0.717) is 28.6 Å². The fourth-order valence-electron chi connectivity index (χ4n) is 2.59. The maximum Gasteiger partial charge on any atom is 0.181 e. The van der Waals surface area contributed by atoms with Crippen LogP contribution in [0.3, 0.4) is 0 Å². The van der Waals surface area contributed by atoms with Crippen LogP contribution in [0.2, 0.25) is 5.02 Å². The average Bonchev–Trinajstić information content (AvgIpc) is 2.82. The van der Waals surface area contributed by atoms with E-state index in [0.717, 1.165) is 17.8 Å². The summed E-state index contributed by atoms with van der Waals surface area (Å²) in [4.78, 5) is 16.6. The number of hydrogen-bond donors (Lipinski definition) is 0. The van der Waals surface area contributed by atoms with E-state index in [4.69, 9.17) is 16.9 Å². The third kappa shape index (κ3) is 2.00. The fourth-order valence-corrected chi connectivity index (χ4v) is 2.80. The van der Waals surface area contributed by atoms with Gasteiger partial charge in [0.15, 0.2) is 5.78 Å². The first-order valence-electron chi connectivity index (χ1n) is 6.39. The molecule has 0 radical (unpaired) electrons. The predicted molar refractivity (Wildman–Crippen MR) is 75.1 cm³/mol. The van der Waals surface area contributed by atoms with E-state index < -0.39 is 0 Å². The van der Waals surface area contributed by atoms with Crippen molar-refractivity contribution in [3.8, 4) is 11.8 Å². The molecule has 0 unspecified atom stereocenters. The van der Waals surface area contributed by atoms with Gasteiger partial charge in [-0.2, -0.15) is 5.26 Å². The highest BCUT2D eigenvalue weighted by atomic mass is 35.5. The number of halogens is 1. The molecule has 1 aliphatic carbocycles. The molecule has 20 heavy (non-hydrogen) atoms. The molecule has 3 rings (SSSR count). The van der Waals surface area contributed by atoms with Crippen molar-refractivity contribution in [2.45, 2.75) is 19.8 Å². The summed E-state index contributed by atoms with van der Waals surface area (Å²) in [7, 11) is 0. The highest BCUT2D eigenvalue weighted by Crippen LogP contribution is 2.28. The minimum atomic E-state index is 0.108. The highest BCUT2D eigenvalue weighted by molar-refractivity contribution is 6.31. The lowest BCUT2D eigenvalue weighted by molar-refractivity contribution is 0.0946. The summed E-state index contributed by atoms with van der Waals surface area (Å²) in [5, 5.41) is 9.27. The quantitative estimate of drug-likeness (QED) is 0.808. The SMILES string of the molecule is C[C@H]1CC(=O)c2c(ncn2-c2ccc(C#N)c(Cl)c2)C1. The van der Waals surface area contributed by atoms with Crippen molar-refractivity contribution in [1.29, 1.82) is 5.26 Å². The Morgan fingerprint density at radius 3 is 2.95 bits per heavy atom. The summed E-state index contributed by atoms with van der Waals surface area (Å²) in [5.41, 5.74) is 2.66. The maximum atomic E-state index is 12.2. The van der Waals surface area contributed by atoms with Crippen LogP contribution in [0.4, 0.5) is 0 Å². The lowest BCUT2D eigenvalue weighted by Crippen LogP contribution is -2.20. The van der Waals surface area contributed by atoms with Crippen molar-refractivity contribution in [2.75, 3.05) is 0 Å². The van der Waals surface area contributed by atoms with Crippen LogP contribution in [-0.4, -0.2) is 15.3 Å². The van der Waals surface area contributed by atoms with Gasteiger partial charge in [-0.3, -0.25) is 9.36 Å². The number of nitrogens with zero attached hydrogens (tertiary/aromatic N) is 3. The van der Waals surface area contributed by atoms with E-state index in [1.807, 2.05) is 6.07 Å². The van der Waals surface area contributed by atoms with Crippen molar-refractivity contribution in [2.24, 2.45) is 5.92 Å². The molecule has 100 valence electrons. The number of fused-ring (bicyclic) bond motifs is 1. The smallest absolute Gasteiger partial charge is 0.181 e. The molecule has 2 aromatic rings. The van der Waals surface area contributed by atoms with Crippen molar-refractivity contribution >= 4 is 17.4 Å². The van der Waals surface area contributed by atoms with Gasteiger partial charge in [-0.05, 0) is 30.5 Å². The first kappa shape index (κ1) is 12.9. The van der Waals surface area contributed by atoms with E-state index in [2.05, 4.69) is 11.9 Å². The van der Waals surface area contributed by atoms with Gasteiger partial charge in [-0.1, -0.05) is 18.5 Å². The minimum absolute atomic E-state index is 0.108. The van der Waals surface area contributed by atoms with Crippen LogP contribution in [0.25, 0.3) is 5.69 Å². The van der Waals surface area contributed by atoms with E-state index >= 15 is 0 Å². The van der Waals surface area contributed by atoms with Crippen LogP contribution in [-0.2, 0) is 6.42 Å². The van der Waals surface area contributed by atoms with Crippen LogP contribution < -0.4 is 0 Å². The molecular weight excluding hydrogens is 274 g/mol. The van der Waals surface area contributed by atoms with Crippen molar-refractivity contribution in [3.63, 3.8) is 0 Å². The summed E-state index contributed by atoms with van der Waals surface area (Å²) < 4.78 is 1.76. The van der Waals surface area contributed by atoms with Crippen LogP contribution in [0, 0.1) is 17.2 Å². The molecule has 0 amide bonds. The van der Waals surface area contributed by atoms with Crippen LogP contribution in [0.5, 0.6) is 0 Å². The predicted octanol–water partition coefficient (Wildman–Crippen LogP) is 3.16. The molecule has 0 fully saturated rings. The molecule has 0 aliphatic heterocycles. The molecule has 0 N–H and O–H groups in total. The minimum Gasteiger partial charge on any atom is -0.296 e. The lowest BCUT2D eigenvalue weighted by atomic mass is 9.90. The third-order valence-electron chi connectivity index (χ3n) is 3.53. The summed E-state index contributed by atoms with van der Waals surface area (Å²) in [6.45, 7) is 2.05. The second kappa shape index (κ2) is 4.77. The Hall–Kier alpha value is -2.12. The number of imidazole rings is 1. The molecule has 0 spiro atoms. The number of rotatable bonds is 1. The molecule has 1 aromatic carbocycles. The van der Waals surface area contributed by atoms with Crippen molar-refractivity contribution < 1.29 is 4.79 Å². The van der Waals surface area contributed by atoms with Gasteiger partial charge in [0.05, 0.1) is 16.3 Å². The van der Waals surface area contributed by atoms with Crippen molar-refractivity contribution in [1.82, 2.24) is 9.55 Å². The van der Waals surface area contributed by atoms with Gasteiger partial charge in [-0.15, -0.1) is 0 Å². The Morgan fingerprint density at radius 2 is 2.25 bits per heavy atom. The number of ketones is 1. The fraction of sp³-hybridized carbons (Fsp3) is 0.267. The number of benzene rings is 1. The molecule has 4 nitrogen and oxygen atoms in total. The van der Waals surface area contributed by atoms with Gasteiger partial charge in [0.1, 0.15) is 18.1 Å². The van der Waals surface area contributed by atoms with Crippen molar-refractivity contribution in [3.05, 3.63) is 46.5 Å². The molecule has 0 saturated heterocycles. The number of Topliss-reactive ketones (excluding diaryl/α,β-unsaturated/α-hetero) is 1. The number of nitriles is 1. The molecular formula is C15H12ClN3O. The van der Waals surface area contributed by atoms with Crippen LogP contribution in [0.1, 0.15) is 35.1 Å². The third-order valence-corrected chi connectivity index (χ3v) is 3.85. The zero-order valence-electron chi connectivity index (χ0n) is 10.9. The number of carbonyl (C=O) groups excluding carboxylic acids is 1. The summed E-state index contributed by atoms with van der Waals surface area (Å²) >= 11 is 6.05. The molecule has 1 heterocycles. The molecule has 0 saturated carbocycles. The van der Waals surface area contributed by atoms with Gasteiger partial charge in [0.2, 0.25) is 0 Å². The van der Waals surface area contributed by atoms with E-state index in [1.54, 1.807) is 29.1 Å². The van der Waals surface area contributed by atoms with Gasteiger partial charge in [0.25, 0.3) is 0 Å². The Labute approximate surface area is 121 Å². The van der Waals surface area contributed by atoms with E-state index in [-0.39, 0.29) is 5.78 Å². The Morgan fingerprint density at radius 1 is 1.45 bits per heavy atom. The second-order valence-electron chi connectivity index (χ2n) is 5.12. The van der Waals surface area contributed by atoms with Crippen LogP contribution >= 0.6 is 11.6 Å². The van der Waals surface area contributed by atoms with Gasteiger partial charge >= 0.3 is 0 Å². The summed E-state index contributed by atoms with van der Waals surface area (Å²) in [5.74, 6) is 0.444. The summed E-state index contributed by atoms with van der Waals surface area (Å²) in [6, 6.07) is 7.14. The zero-order chi connectivity index (χ0) is 14.3. The topological polar surface area (TPSA) is 58.7 Å². The molecule has 5 heteroatoms. The van der Waals surface area contributed by atoms with Gasteiger partial charge < -0.3 is 0 Å². The number of hydrogen-bond acceptors (Lipinski definition) is 3.